The molecule has 0 unspecified atom stereocenters. The van der Waals surface area contributed by atoms with Crippen molar-refractivity contribution < 1.29 is 4.79 Å². The number of hydrogen-bond acceptors (Lipinski definition) is 6. The molecule has 3 aromatic heterocycles. The lowest BCUT2D eigenvalue weighted by molar-refractivity contribution is 0.102. The lowest BCUT2D eigenvalue weighted by Crippen LogP contribution is -2.13. The number of nitrogens with one attached hydrogen (secondary N) is 3. The Kier molecular flexibility index (Phi) is 2.78. The van der Waals surface area contributed by atoms with Crippen LogP contribution in [0.15, 0.2) is 12.4 Å². The van der Waals surface area contributed by atoms with Gasteiger partial charge in [-0.3, -0.25) is 15.0 Å². The second kappa shape index (κ2) is 4.61. The number of anilines is 2. The first-order chi connectivity index (χ1) is 9.69. The molecule has 0 atom stereocenters. The fourth-order valence-electron chi connectivity index (χ4n) is 1.83. The highest BCUT2D eigenvalue weighted by molar-refractivity contribution is 6.12. The van der Waals surface area contributed by atoms with Crippen molar-refractivity contribution in [1.29, 1.82) is 0 Å². The van der Waals surface area contributed by atoms with Crippen LogP contribution in [-0.4, -0.2) is 36.3 Å². The van der Waals surface area contributed by atoms with Crippen molar-refractivity contribution in [3.05, 3.63) is 23.8 Å². The van der Waals surface area contributed by atoms with Crippen LogP contribution in [0.5, 0.6) is 0 Å². The fourth-order valence-corrected chi connectivity index (χ4v) is 1.83. The molecule has 0 aliphatic carbocycles. The highest BCUT2D eigenvalue weighted by Gasteiger charge is 2.18. The second-order valence-electron chi connectivity index (χ2n) is 4.14. The van der Waals surface area contributed by atoms with Crippen molar-refractivity contribution in [3.8, 4) is 0 Å². The summed E-state index contributed by atoms with van der Waals surface area (Å²) in [5.41, 5.74) is 7.23. The van der Waals surface area contributed by atoms with E-state index in [-0.39, 0.29) is 11.5 Å². The largest absolute Gasteiger partial charge is 0.383 e. The Balaban J connectivity index is 1.92. The maximum atomic E-state index is 12.2. The Morgan fingerprint density at radius 2 is 2.20 bits per heavy atom. The number of nitrogen functional groups attached to an aromatic ring is 1. The van der Waals surface area contributed by atoms with Gasteiger partial charge in [-0.1, -0.05) is 6.92 Å². The average Bonchev–Trinajstić information content (AvgIpc) is 3.05. The van der Waals surface area contributed by atoms with Crippen molar-refractivity contribution >= 4 is 28.6 Å². The van der Waals surface area contributed by atoms with E-state index in [1.54, 1.807) is 6.07 Å². The summed E-state index contributed by atoms with van der Waals surface area (Å²) in [6.45, 7) is 1.98. The predicted molar refractivity (Wildman–Crippen MR) is 72.0 cm³/mol. The maximum Gasteiger partial charge on any atom is 0.278 e. The van der Waals surface area contributed by atoms with E-state index in [1.165, 1.54) is 6.33 Å². The highest BCUT2D eigenvalue weighted by Crippen LogP contribution is 2.19. The first-order valence-corrected chi connectivity index (χ1v) is 5.99. The van der Waals surface area contributed by atoms with E-state index in [0.717, 1.165) is 12.1 Å². The van der Waals surface area contributed by atoms with Crippen molar-refractivity contribution in [3.63, 3.8) is 0 Å². The van der Waals surface area contributed by atoms with Crippen molar-refractivity contribution in [2.24, 2.45) is 0 Å². The zero-order valence-electron chi connectivity index (χ0n) is 10.6. The summed E-state index contributed by atoms with van der Waals surface area (Å²) in [5, 5.41) is 16.4. The van der Waals surface area contributed by atoms with Crippen LogP contribution in [0.2, 0.25) is 0 Å². The standard InChI is InChI=1S/C11H12N8O/c1-2-5-3-6(17-16-5)15-11(20)8-7-9(12)13-4-14-10(7)19-18-8/h3-4H,2H2,1H3,(H2,15,16,17,20)(H3,12,13,14,18,19). The number of aromatic amines is 2. The molecule has 0 aliphatic rings. The number of H-pyrrole nitrogens is 2. The van der Waals surface area contributed by atoms with Crippen LogP contribution in [0.25, 0.3) is 11.0 Å². The van der Waals surface area contributed by atoms with Crippen LogP contribution < -0.4 is 11.1 Å². The molecule has 0 saturated heterocycles. The molecule has 1 amide bonds. The van der Waals surface area contributed by atoms with Gasteiger partial charge in [-0.2, -0.15) is 10.2 Å². The Hall–Kier alpha value is -2.97. The fraction of sp³-hybridized carbons (Fsp3) is 0.182. The molecule has 102 valence electrons. The Labute approximate surface area is 113 Å². The number of amides is 1. The summed E-state index contributed by atoms with van der Waals surface area (Å²) < 4.78 is 0. The molecule has 3 rings (SSSR count). The number of aromatic nitrogens is 6. The van der Waals surface area contributed by atoms with Crippen molar-refractivity contribution in [1.82, 2.24) is 30.4 Å². The molecule has 0 radical (unpaired) electrons. The molecule has 9 heteroatoms. The summed E-state index contributed by atoms with van der Waals surface area (Å²) in [6, 6.07) is 1.76. The SMILES string of the molecule is CCc1cc(NC(=O)c2n[nH]c3ncnc(N)c23)n[nH]1. The van der Waals surface area contributed by atoms with Gasteiger partial charge >= 0.3 is 0 Å². The molecule has 3 aromatic rings. The lowest BCUT2D eigenvalue weighted by atomic mass is 10.2. The number of fused-ring (bicyclic) bond motifs is 1. The number of nitrogens with two attached hydrogens (primary N) is 1. The predicted octanol–water partition coefficient (Wildman–Crippen LogP) is 0.473. The van der Waals surface area contributed by atoms with E-state index in [1.807, 2.05) is 6.92 Å². The highest BCUT2D eigenvalue weighted by atomic mass is 16.2. The number of hydrogen-bond donors (Lipinski definition) is 4. The average molecular weight is 272 g/mol. The minimum atomic E-state index is -0.424. The van der Waals surface area contributed by atoms with Gasteiger partial charge in [0, 0.05) is 11.8 Å². The lowest BCUT2D eigenvalue weighted by Gasteiger charge is -1.99. The molecule has 0 fully saturated rings. The van der Waals surface area contributed by atoms with Crippen LogP contribution in [0.3, 0.4) is 0 Å². The Bertz CT molecular complexity index is 774. The number of carbonyl (C=O) groups is 1. The first kappa shape index (κ1) is 12.1. The van der Waals surface area contributed by atoms with Crippen LogP contribution in [0.1, 0.15) is 23.1 Å². The van der Waals surface area contributed by atoms with Crippen molar-refractivity contribution in [2.75, 3.05) is 11.1 Å². The van der Waals surface area contributed by atoms with Crippen LogP contribution in [0.4, 0.5) is 11.6 Å². The van der Waals surface area contributed by atoms with Crippen LogP contribution >= 0.6 is 0 Å². The van der Waals surface area contributed by atoms with Crippen LogP contribution in [-0.2, 0) is 6.42 Å². The van der Waals surface area contributed by atoms with Crippen LogP contribution in [0, 0.1) is 0 Å². The smallest absolute Gasteiger partial charge is 0.278 e. The summed E-state index contributed by atoms with van der Waals surface area (Å²) in [4.78, 5) is 20.0. The third-order valence-corrected chi connectivity index (χ3v) is 2.86. The molecular weight excluding hydrogens is 260 g/mol. The monoisotopic (exact) mass is 272 g/mol. The van der Waals surface area contributed by atoms with Gasteiger partial charge in [0.2, 0.25) is 0 Å². The summed E-state index contributed by atoms with van der Waals surface area (Å²) in [5.74, 6) is 0.204. The molecule has 0 aliphatic heterocycles. The Morgan fingerprint density at radius 1 is 1.35 bits per heavy atom. The van der Waals surface area contributed by atoms with E-state index in [4.69, 9.17) is 5.73 Å². The zero-order valence-corrected chi connectivity index (χ0v) is 10.6. The van der Waals surface area contributed by atoms with E-state index in [2.05, 4.69) is 35.7 Å². The first-order valence-electron chi connectivity index (χ1n) is 5.99. The van der Waals surface area contributed by atoms with Gasteiger partial charge in [0.25, 0.3) is 5.91 Å². The second-order valence-corrected chi connectivity index (χ2v) is 4.14. The van der Waals surface area contributed by atoms with Gasteiger partial charge in [-0.25, -0.2) is 9.97 Å². The van der Waals surface area contributed by atoms with Gasteiger partial charge in [0.05, 0.1) is 5.39 Å². The third-order valence-electron chi connectivity index (χ3n) is 2.86. The quantitative estimate of drug-likeness (QED) is 0.546. The molecule has 0 aromatic carbocycles. The minimum absolute atomic E-state index is 0.138. The van der Waals surface area contributed by atoms with Gasteiger partial charge < -0.3 is 11.1 Å². The van der Waals surface area contributed by atoms with E-state index >= 15 is 0 Å². The van der Waals surface area contributed by atoms with Gasteiger partial charge in [0.1, 0.15) is 12.1 Å². The molecule has 3 heterocycles. The number of aryl methyl sites for hydroxylation is 1. The summed E-state index contributed by atoms with van der Waals surface area (Å²) in [7, 11) is 0. The van der Waals surface area contributed by atoms with E-state index in [0.29, 0.717) is 16.9 Å². The maximum absolute atomic E-state index is 12.2. The number of nitrogens with zero attached hydrogens (tertiary/aromatic N) is 4. The molecular formula is C11H12N8O. The minimum Gasteiger partial charge on any atom is -0.383 e. The van der Waals surface area contributed by atoms with E-state index in [9.17, 15) is 4.79 Å². The molecule has 0 saturated carbocycles. The summed E-state index contributed by atoms with van der Waals surface area (Å²) >= 11 is 0. The Morgan fingerprint density at radius 3 is 2.95 bits per heavy atom. The number of rotatable bonds is 3. The topological polar surface area (TPSA) is 138 Å². The van der Waals surface area contributed by atoms with Gasteiger partial charge in [-0.15, -0.1) is 0 Å². The molecule has 0 bridgehead atoms. The molecule has 0 spiro atoms. The third kappa shape index (κ3) is 1.94. The molecule has 9 nitrogen and oxygen atoms in total. The van der Waals surface area contributed by atoms with E-state index < -0.39 is 5.91 Å². The molecule has 5 N–H and O–H groups in total. The van der Waals surface area contributed by atoms with Gasteiger partial charge in [-0.05, 0) is 6.42 Å². The van der Waals surface area contributed by atoms with Crippen molar-refractivity contribution in [2.45, 2.75) is 13.3 Å². The normalized spacial score (nSPS) is 10.8. The molecule has 20 heavy (non-hydrogen) atoms. The zero-order chi connectivity index (χ0) is 14.1. The van der Waals surface area contributed by atoms with Gasteiger partial charge in [0.15, 0.2) is 17.2 Å². The number of carbonyl (C=O) groups excluding carboxylic acids is 1. The summed E-state index contributed by atoms with van der Waals surface area (Å²) in [6.07, 6.45) is 2.10.